The van der Waals surface area contributed by atoms with Crippen LogP contribution in [0.25, 0.3) is 22.3 Å². The highest BCUT2D eigenvalue weighted by molar-refractivity contribution is 5.96. The van der Waals surface area contributed by atoms with Crippen molar-refractivity contribution in [2.24, 2.45) is 12.5 Å². The summed E-state index contributed by atoms with van der Waals surface area (Å²) in [5.41, 5.74) is 8.31. The number of hydrogen-bond donors (Lipinski definition) is 1. The Bertz CT molecular complexity index is 1540. The summed E-state index contributed by atoms with van der Waals surface area (Å²) < 4.78 is 2.07. The average Bonchev–Trinajstić information content (AvgIpc) is 3.57. The molecule has 0 atom stereocenters. The molecule has 8 nitrogen and oxygen atoms in total. The third kappa shape index (κ3) is 3.96. The molecule has 8 heteroatoms. The topological polar surface area (TPSA) is 78.8 Å². The first-order valence-corrected chi connectivity index (χ1v) is 14.2. The minimum Gasteiger partial charge on any atom is -0.356 e. The fourth-order valence-electron chi connectivity index (χ4n) is 6.59. The van der Waals surface area contributed by atoms with Gasteiger partial charge < -0.3 is 9.80 Å². The summed E-state index contributed by atoms with van der Waals surface area (Å²) in [7, 11) is 2.08. The molecule has 1 aliphatic carbocycles. The van der Waals surface area contributed by atoms with Crippen molar-refractivity contribution < 1.29 is 0 Å². The highest BCUT2D eigenvalue weighted by Gasteiger charge is 2.33. The molecule has 1 aromatic carbocycles. The molecule has 3 aromatic heterocycles. The molecule has 1 N–H and O–H groups in total. The zero-order valence-electron chi connectivity index (χ0n) is 23.3. The van der Waals surface area contributed by atoms with E-state index in [2.05, 4.69) is 77.6 Å². The summed E-state index contributed by atoms with van der Waals surface area (Å²) in [4.78, 5) is 15.7. The van der Waals surface area contributed by atoms with Gasteiger partial charge >= 0.3 is 0 Å². The lowest BCUT2D eigenvalue weighted by Crippen LogP contribution is -2.42. The van der Waals surface area contributed by atoms with Crippen LogP contribution in [0.1, 0.15) is 73.7 Å². The summed E-state index contributed by atoms with van der Waals surface area (Å²) >= 11 is 0. The Morgan fingerprint density at radius 3 is 2.68 bits per heavy atom. The van der Waals surface area contributed by atoms with Crippen molar-refractivity contribution in [1.29, 1.82) is 0 Å². The number of aromatic nitrogens is 6. The van der Waals surface area contributed by atoms with E-state index >= 15 is 0 Å². The number of rotatable bonds is 4. The zero-order valence-corrected chi connectivity index (χ0v) is 23.3. The smallest absolute Gasteiger partial charge is 0.162 e. The molecule has 1 saturated heterocycles. The van der Waals surface area contributed by atoms with Crippen molar-refractivity contribution in [3.63, 3.8) is 0 Å². The first kappa shape index (κ1) is 23.7. The zero-order chi connectivity index (χ0) is 26.2. The summed E-state index contributed by atoms with van der Waals surface area (Å²) in [6, 6.07) is 6.58. The molecule has 0 radical (unpaired) electrons. The second-order valence-corrected chi connectivity index (χ2v) is 12.5. The van der Waals surface area contributed by atoms with E-state index in [9.17, 15) is 0 Å². The van der Waals surface area contributed by atoms with Gasteiger partial charge in [-0.25, -0.2) is 9.97 Å². The van der Waals surface area contributed by atoms with Gasteiger partial charge in [-0.1, -0.05) is 19.9 Å². The molecule has 0 spiro atoms. The van der Waals surface area contributed by atoms with Gasteiger partial charge in [0.15, 0.2) is 5.82 Å². The van der Waals surface area contributed by atoms with Gasteiger partial charge in [-0.2, -0.15) is 10.2 Å². The van der Waals surface area contributed by atoms with Crippen LogP contribution in [-0.4, -0.2) is 49.6 Å². The maximum atomic E-state index is 5.40. The van der Waals surface area contributed by atoms with Crippen LogP contribution in [0.5, 0.6) is 0 Å². The number of aromatic amines is 1. The Kier molecular flexibility index (Phi) is 5.33. The lowest BCUT2D eigenvalue weighted by molar-refractivity contribution is 0.291. The van der Waals surface area contributed by atoms with E-state index < -0.39 is 0 Å². The Labute approximate surface area is 224 Å². The Morgan fingerprint density at radius 1 is 1.05 bits per heavy atom. The van der Waals surface area contributed by atoms with E-state index in [4.69, 9.17) is 15.1 Å². The number of nitrogens with one attached hydrogen (secondary N) is 1. The van der Waals surface area contributed by atoms with E-state index in [1.165, 1.54) is 54.0 Å². The minimum absolute atomic E-state index is 0.267. The summed E-state index contributed by atoms with van der Waals surface area (Å²) in [6.07, 6.45) is 5.88. The molecular weight excluding hydrogens is 472 g/mol. The predicted molar refractivity (Wildman–Crippen MR) is 152 cm³/mol. The van der Waals surface area contributed by atoms with E-state index in [-0.39, 0.29) is 5.41 Å². The van der Waals surface area contributed by atoms with E-state index in [1.54, 1.807) is 0 Å². The molecule has 7 rings (SSSR count). The van der Waals surface area contributed by atoms with Crippen LogP contribution in [0, 0.1) is 19.3 Å². The van der Waals surface area contributed by atoms with Crippen molar-refractivity contribution in [1.82, 2.24) is 29.9 Å². The Hall–Kier alpha value is -3.42. The van der Waals surface area contributed by atoms with Gasteiger partial charge in [-0.3, -0.25) is 9.78 Å². The standard InChI is InChI=1S/C30H38N8/c1-18-7-10-23-27(19(2)33-34-23)26(18)28-31-22-11-14-37(25-15-24(20-8-9-20)35-36(25)5)16-21(22)29(32-28)38-13-6-12-30(3,4)17-38/h7,10,15,20H,6,8-9,11-14,16-17H2,1-5H3,(H,33,34). The number of H-pyrrole nitrogens is 1. The van der Waals surface area contributed by atoms with Crippen LogP contribution in [0.15, 0.2) is 18.2 Å². The van der Waals surface area contributed by atoms with Gasteiger partial charge in [-0.15, -0.1) is 0 Å². The van der Waals surface area contributed by atoms with Crippen LogP contribution in [0.3, 0.4) is 0 Å². The molecule has 5 heterocycles. The van der Waals surface area contributed by atoms with Crippen molar-refractivity contribution >= 4 is 22.5 Å². The summed E-state index contributed by atoms with van der Waals surface area (Å²) in [5.74, 6) is 3.81. The van der Waals surface area contributed by atoms with Gasteiger partial charge in [0.2, 0.25) is 0 Å². The third-order valence-electron chi connectivity index (χ3n) is 8.78. The number of anilines is 2. The summed E-state index contributed by atoms with van der Waals surface area (Å²) in [6.45, 7) is 12.8. The monoisotopic (exact) mass is 510 g/mol. The predicted octanol–water partition coefficient (Wildman–Crippen LogP) is 5.44. The SMILES string of the molecule is Cc1ccc2[nH]nc(C)c2c1-c1nc2c(c(N3CCCC(C)(C)C3)n1)CN(c1cc(C3CC3)nn1C)CC2. The van der Waals surface area contributed by atoms with Crippen molar-refractivity contribution in [2.75, 3.05) is 29.4 Å². The molecule has 2 fully saturated rings. The molecule has 3 aliphatic rings. The molecular formula is C30H38N8. The van der Waals surface area contributed by atoms with Crippen LogP contribution in [-0.2, 0) is 20.0 Å². The lowest BCUT2D eigenvalue weighted by Gasteiger charge is -2.41. The van der Waals surface area contributed by atoms with Gasteiger partial charge in [0.25, 0.3) is 0 Å². The largest absolute Gasteiger partial charge is 0.356 e. The fourth-order valence-corrected chi connectivity index (χ4v) is 6.59. The van der Waals surface area contributed by atoms with E-state index in [0.29, 0.717) is 5.92 Å². The first-order chi connectivity index (χ1) is 18.3. The lowest BCUT2D eigenvalue weighted by atomic mass is 9.84. The second kappa shape index (κ2) is 8.55. The fraction of sp³-hybridized carbons (Fsp3) is 0.533. The number of aryl methyl sites for hydroxylation is 3. The van der Waals surface area contributed by atoms with Gasteiger partial charge in [-0.05, 0) is 56.6 Å². The van der Waals surface area contributed by atoms with Gasteiger partial charge in [0.05, 0.1) is 22.6 Å². The molecule has 198 valence electrons. The molecule has 0 bridgehead atoms. The van der Waals surface area contributed by atoms with Crippen LogP contribution in [0.4, 0.5) is 11.6 Å². The van der Waals surface area contributed by atoms with Gasteiger partial charge in [0.1, 0.15) is 11.6 Å². The van der Waals surface area contributed by atoms with Gasteiger partial charge in [0, 0.05) is 68.1 Å². The molecule has 2 aliphatic heterocycles. The quantitative estimate of drug-likeness (QED) is 0.394. The average molecular weight is 511 g/mol. The van der Waals surface area contributed by atoms with E-state index in [1.807, 2.05) is 0 Å². The number of nitrogens with zero attached hydrogens (tertiary/aromatic N) is 7. The maximum Gasteiger partial charge on any atom is 0.162 e. The molecule has 0 amide bonds. The minimum atomic E-state index is 0.267. The number of benzene rings is 1. The van der Waals surface area contributed by atoms with Crippen molar-refractivity contribution in [3.8, 4) is 11.4 Å². The second-order valence-electron chi connectivity index (χ2n) is 12.5. The maximum absolute atomic E-state index is 5.40. The van der Waals surface area contributed by atoms with E-state index in [0.717, 1.165) is 66.4 Å². The first-order valence-electron chi connectivity index (χ1n) is 14.2. The molecule has 4 aromatic rings. The molecule has 1 saturated carbocycles. The highest BCUT2D eigenvalue weighted by atomic mass is 15.4. The highest BCUT2D eigenvalue weighted by Crippen LogP contribution is 2.42. The number of hydrogen-bond acceptors (Lipinski definition) is 6. The van der Waals surface area contributed by atoms with Crippen LogP contribution in [0.2, 0.25) is 0 Å². The Balaban J connectivity index is 1.36. The van der Waals surface area contributed by atoms with Crippen molar-refractivity contribution in [3.05, 3.63) is 46.4 Å². The Morgan fingerprint density at radius 2 is 1.89 bits per heavy atom. The van der Waals surface area contributed by atoms with Crippen molar-refractivity contribution in [2.45, 2.75) is 72.3 Å². The normalized spacial score (nSPS) is 19.3. The molecule has 0 unspecified atom stereocenters. The number of fused-ring (bicyclic) bond motifs is 2. The molecule has 38 heavy (non-hydrogen) atoms. The number of piperidine rings is 1. The van der Waals surface area contributed by atoms with Crippen LogP contribution >= 0.6 is 0 Å². The third-order valence-corrected chi connectivity index (χ3v) is 8.78. The summed E-state index contributed by atoms with van der Waals surface area (Å²) in [5, 5.41) is 13.7. The van der Waals surface area contributed by atoms with Crippen LogP contribution < -0.4 is 9.80 Å².